The van der Waals surface area contributed by atoms with Gasteiger partial charge < -0.3 is 5.73 Å². The summed E-state index contributed by atoms with van der Waals surface area (Å²) in [5.74, 6) is 0. The predicted molar refractivity (Wildman–Crippen MR) is 237 cm³/mol. The average Bonchev–Trinajstić information content (AvgIpc) is 3.54. The van der Waals surface area contributed by atoms with Gasteiger partial charge >= 0.3 is 0 Å². The molecule has 0 saturated carbocycles. The van der Waals surface area contributed by atoms with Crippen LogP contribution in [0.15, 0.2) is 188 Å². The molecule has 0 unspecified atom stereocenters. The Kier molecular flexibility index (Phi) is 7.43. The molecule has 10 aromatic carbocycles. The molecular formula is C52H35NS. The molecule has 0 saturated heterocycles. The standard InChI is InChI=1S/C52H33N.H2S/c53-41-25-23-34(24-26-41)37-13-7-14-38(29-37)42-27-28-47-50-43(42)17-8-18-46(50)51-48(39-21-19-32-9-1-3-11-35(32)30-39)44-15-5-6-16-45(44)49(52(47)51)40-22-20-33-10-2-4-12-36(33)31-40;/h1-31H,53H2;1H2. The van der Waals surface area contributed by atoms with Crippen molar-refractivity contribution in [3.63, 3.8) is 0 Å². The summed E-state index contributed by atoms with van der Waals surface area (Å²) in [5.41, 5.74) is 21.9. The minimum atomic E-state index is 0. The number of anilines is 1. The molecule has 0 aromatic heterocycles. The van der Waals surface area contributed by atoms with E-state index >= 15 is 0 Å². The molecule has 1 nitrogen and oxygen atoms in total. The summed E-state index contributed by atoms with van der Waals surface area (Å²) < 4.78 is 0. The molecule has 0 aliphatic heterocycles. The van der Waals surface area contributed by atoms with Crippen molar-refractivity contribution in [3.8, 4) is 66.8 Å². The van der Waals surface area contributed by atoms with Gasteiger partial charge in [-0.1, -0.05) is 158 Å². The van der Waals surface area contributed by atoms with E-state index in [-0.39, 0.29) is 13.5 Å². The first-order chi connectivity index (χ1) is 26.2. The number of hydrogen-bond acceptors (Lipinski definition) is 1. The molecule has 11 rings (SSSR count). The number of nitrogen functional groups attached to an aromatic ring is 1. The van der Waals surface area contributed by atoms with Gasteiger partial charge in [0.15, 0.2) is 0 Å². The Morgan fingerprint density at radius 3 is 1.39 bits per heavy atom. The lowest BCUT2D eigenvalue weighted by Gasteiger charge is -2.21. The molecular weight excluding hydrogens is 671 g/mol. The van der Waals surface area contributed by atoms with Gasteiger partial charge in [0.25, 0.3) is 0 Å². The number of nitrogens with two attached hydrogens (primary N) is 1. The van der Waals surface area contributed by atoms with Crippen molar-refractivity contribution < 1.29 is 0 Å². The SMILES string of the molecule is Nc1ccc(-c2cccc(-c3ccc4c5c(cccc35)-c3c-4c(-c4ccc5ccccc5c4)c4ccccc4c3-c3ccc4ccccc4c3)c2)cc1.S. The smallest absolute Gasteiger partial charge is 0.0314 e. The van der Waals surface area contributed by atoms with Gasteiger partial charge in [-0.15, -0.1) is 0 Å². The Hall–Kier alpha value is -6.61. The van der Waals surface area contributed by atoms with Crippen molar-refractivity contribution in [3.05, 3.63) is 188 Å². The molecule has 54 heavy (non-hydrogen) atoms. The number of benzene rings is 10. The summed E-state index contributed by atoms with van der Waals surface area (Å²) in [4.78, 5) is 0. The number of hydrogen-bond donors (Lipinski definition) is 1. The predicted octanol–water partition coefficient (Wildman–Crippen LogP) is 14.3. The Labute approximate surface area is 321 Å². The zero-order valence-corrected chi connectivity index (χ0v) is 30.5. The highest BCUT2D eigenvalue weighted by Crippen LogP contribution is 2.58. The van der Waals surface area contributed by atoms with Crippen LogP contribution in [-0.2, 0) is 0 Å². The summed E-state index contributed by atoms with van der Waals surface area (Å²) in [6.07, 6.45) is 0. The van der Waals surface area contributed by atoms with E-state index in [1.54, 1.807) is 0 Å². The normalized spacial score (nSPS) is 11.6. The maximum Gasteiger partial charge on any atom is 0.0314 e. The Morgan fingerprint density at radius 2 is 0.759 bits per heavy atom. The molecule has 0 heterocycles. The minimum Gasteiger partial charge on any atom is -0.399 e. The van der Waals surface area contributed by atoms with E-state index in [4.69, 9.17) is 5.73 Å². The van der Waals surface area contributed by atoms with E-state index in [1.165, 1.54) is 104 Å². The summed E-state index contributed by atoms with van der Waals surface area (Å²) in [7, 11) is 0. The van der Waals surface area contributed by atoms with Crippen molar-refractivity contribution in [1.82, 2.24) is 0 Å². The van der Waals surface area contributed by atoms with Gasteiger partial charge in [-0.05, 0) is 140 Å². The number of fused-ring (bicyclic) bond motifs is 6. The van der Waals surface area contributed by atoms with Gasteiger partial charge in [-0.25, -0.2) is 0 Å². The lowest BCUT2D eigenvalue weighted by molar-refractivity contribution is 1.60. The zero-order valence-electron chi connectivity index (χ0n) is 29.5. The van der Waals surface area contributed by atoms with Crippen molar-refractivity contribution in [1.29, 1.82) is 0 Å². The van der Waals surface area contributed by atoms with E-state index in [9.17, 15) is 0 Å². The minimum absolute atomic E-state index is 0. The third-order valence-electron chi connectivity index (χ3n) is 11.3. The molecule has 0 fully saturated rings. The van der Waals surface area contributed by atoms with Gasteiger partial charge in [0.1, 0.15) is 0 Å². The maximum atomic E-state index is 6.04. The van der Waals surface area contributed by atoms with Gasteiger partial charge in [-0.3, -0.25) is 0 Å². The highest BCUT2D eigenvalue weighted by atomic mass is 32.1. The Balaban J connectivity index is 0.00000361. The van der Waals surface area contributed by atoms with E-state index in [1.807, 2.05) is 12.1 Å². The molecule has 2 N–H and O–H groups in total. The highest BCUT2D eigenvalue weighted by Gasteiger charge is 2.31. The molecule has 1 aliphatic carbocycles. The fraction of sp³-hybridized carbons (Fsp3) is 0. The number of rotatable bonds is 4. The Bertz CT molecular complexity index is 2990. The largest absolute Gasteiger partial charge is 0.399 e. The first-order valence-electron chi connectivity index (χ1n) is 18.3. The van der Waals surface area contributed by atoms with Gasteiger partial charge in [0.05, 0.1) is 0 Å². The molecule has 1 aliphatic rings. The van der Waals surface area contributed by atoms with Gasteiger partial charge in [0.2, 0.25) is 0 Å². The van der Waals surface area contributed by atoms with E-state index in [2.05, 4.69) is 176 Å². The van der Waals surface area contributed by atoms with Crippen LogP contribution in [-0.4, -0.2) is 0 Å². The topological polar surface area (TPSA) is 26.0 Å². The molecule has 10 aromatic rings. The van der Waals surface area contributed by atoms with Crippen molar-refractivity contribution in [2.24, 2.45) is 0 Å². The molecule has 0 spiro atoms. The van der Waals surface area contributed by atoms with Crippen molar-refractivity contribution in [2.75, 3.05) is 5.73 Å². The first kappa shape index (κ1) is 32.1. The van der Waals surface area contributed by atoms with Gasteiger partial charge in [-0.2, -0.15) is 13.5 Å². The summed E-state index contributed by atoms with van der Waals surface area (Å²) in [6, 6.07) is 69.0. The summed E-state index contributed by atoms with van der Waals surface area (Å²) in [5, 5.41) is 10.1. The molecule has 254 valence electrons. The van der Waals surface area contributed by atoms with Crippen LogP contribution in [0.25, 0.3) is 110 Å². The van der Waals surface area contributed by atoms with Crippen LogP contribution in [0.1, 0.15) is 0 Å². The second-order valence-corrected chi connectivity index (χ2v) is 14.3. The van der Waals surface area contributed by atoms with E-state index in [0.29, 0.717) is 0 Å². The average molecular weight is 706 g/mol. The second-order valence-electron chi connectivity index (χ2n) is 14.3. The lowest BCUT2D eigenvalue weighted by atomic mass is 9.82. The van der Waals surface area contributed by atoms with Crippen molar-refractivity contribution in [2.45, 2.75) is 0 Å². The molecule has 2 heteroatoms. The molecule has 0 bridgehead atoms. The van der Waals surface area contributed by atoms with Crippen LogP contribution in [0.3, 0.4) is 0 Å². The fourth-order valence-electron chi connectivity index (χ4n) is 8.88. The lowest BCUT2D eigenvalue weighted by Crippen LogP contribution is -1.94. The first-order valence-corrected chi connectivity index (χ1v) is 18.3. The van der Waals surface area contributed by atoms with Crippen LogP contribution in [0, 0.1) is 0 Å². The summed E-state index contributed by atoms with van der Waals surface area (Å²) in [6.45, 7) is 0. The van der Waals surface area contributed by atoms with Crippen LogP contribution < -0.4 is 5.73 Å². The summed E-state index contributed by atoms with van der Waals surface area (Å²) >= 11 is 0. The van der Waals surface area contributed by atoms with Crippen LogP contribution in [0.5, 0.6) is 0 Å². The van der Waals surface area contributed by atoms with Crippen LogP contribution in [0.2, 0.25) is 0 Å². The molecule has 0 amide bonds. The quantitative estimate of drug-likeness (QED) is 0.181. The molecule has 0 radical (unpaired) electrons. The monoisotopic (exact) mass is 705 g/mol. The van der Waals surface area contributed by atoms with Crippen LogP contribution in [0.4, 0.5) is 5.69 Å². The fourth-order valence-corrected chi connectivity index (χ4v) is 8.88. The second kappa shape index (κ2) is 12.5. The van der Waals surface area contributed by atoms with Gasteiger partial charge in [0, 0.05) is 5.69 Å². The van der Waals surface area contributed by atoms with E-state index < -0.39 is 0 Å². The Morgan fingerprint density at radius 1 is 0.278 bits per heavy atom. The zero-order chi connectivity index (χ0) is 35.0. The third-order valence-corrected chi connectivity index (χ3v) is 11.3. The third kappa shape index (κ3) is 4.88. The van der Waals surface area contributed by atoms with Crippen molar-refractivity contribution >= 4 is 62.3 Å². The maximum absolute atomic E-state index is 6.04. The van der Waals surface area contributed by atoms with Crippen LogP contribution >= 0.6 is 13.5 Å². The van der Waals surface area contributed by atoms with E-state index in [0.717, 1.165) is 11.3 Å². The highest BCUT2D eigenvalue weighted by molar-refractivity contribution is 7.59. The molecule has 0 atom stereocenters.